The molecule has 4 heteroatoms. The first-order chi connectivity index (χ1) is 31.6. The molecule has 0 amide bonds. The van der Waals surface area contributed by atoms with E-state index in [2.05, 4.69) is 170 Å². The monoisotopic (exact) mass is 823 g/mol. The van der Waals surface area contributed by atoms with Gasteiger partial charge in [-0.3, -0.25) is 0 Å². The fourth-order valence-electron chi connectivity index (χ4n) is 13.7. The van der Waals surface area contributed by atoms with Gasteiger partial charge in [-0.2, -0.15) is 0 Å². The highest BCUT2D eigenvalue weighted by molar-refractivity contribution is 6.09. The van der Waals surface area contributed by atoms with Gasteiger partial charge >= 0.3 is 0 Å². The van der Waals surface area contributed by atoms with Crippen LogP contribution in [0.15, 0.2) is 186 Å². The van der Waals surface area contributed by atoms with Crippen molar-refractivity contribution in [3.8, 4) is 45.3 Å². The van der Waals surface area contributed by atoms with Gasteiger partial charge in [-0.25, -0.2) is 15.0 Å². The van der Waals surface area contributed by atoms with Crippen LogP contribution in [0.4, 0.5) is 0 Å². The van der Waals surface area contributed by atoms with Crippen LogP contribution in [0.5, 0.6) is 0 Å². The predicted molar refractivity (Wildman–Crippen MR) is 258 cm³/mol. The second kappa shape index (κ2) is 13.7. The Hall–Kier alpha value is -7.17. The van der Waals surface area contributed by atoms with Gasteiger partial charge in [-0.05, 0) is 130 Å². The van der Waals surface area contributed by atoms with Crippen molar-refractivity contribution < 1.29 is 4.42 Å². The lowest BCUT2D eigenvalue weighted by Gasteiger charge is -2.57. The quantitative estimate of drug-likeness (QED) is 0.168. The average Bonchev–Trinajstić information content (AvgIpc) is 3.87. The Morgan fingerprint density at radius 3 is 1.67 bits per heavy atom. The van der Waals surface area contributed by atoms with E-state index in [1.54, 1.807) is 0 Å². The molecule has 10 aromatic rings. The number of para-hydroxylation sites is 2. The van der Waals surface area contributed by atoms with Gasteiger partial charge in [0.2, 0.25) is 0 Å². The third kappa shape index (κ3) is 5.20. The van der Waals surface area contributed by atoms with E-state index < -0.39 is 5.41 Å². The van der Waals surface area contributed by atoms with Crippen LogP contribution in [-0.4, -0.2) is 15.0 Å². The molecule has 8 aromatic carbocycles. The van der Waals surface area contributed by atoms with Crippen molar-refractivity contribution in [1.82, 2.24) is 15.0 Å². The molecule has 2 heterocycles. The number of rotatable bonds is 6. The third-order valence-electron chi connectivity index (χ3n) is 15.8. The number of nitrogens with zero attached hydrogens (tertiary/aromatic N) is 3. The van der Waals surface area contributed by atoms with E-state index in [1.807, 2.05) is 12.1 Å². The summed E-state index contributed by atoms with van der Waals surface area (Å²) in [4.78, 5) is 16.3. The van der Waals surface area contributed by atoms with Gasteiger partial charge < -0.3 is 4.42 Å². The first kappa shape index (κ1) is 36.3. The maximum absolute atomic E-state index is 6.64. The van der Waals surface area contributed by atoms with Crippen molar-refractivity contribution in [2.24, 2.45) is 17.8 Å². The molecule has 0 spiro atoms. The highest BCUT2D eigenvalue weighted by Gasteiger charge is 2.52. The van der Waals surface area contributed by atoms with Crippen LogP contribution >= 0.6 is 0 Å². The lowest BCUT2D eigenvalue weighted by molar-refractivity contribution is -0.00449. The van der Waals surface area contributed by atoms with Gasteiger partial charge in [0.15, 0.2) is 17.5 Å². The molecule has 5 aliphatic rings. The second-order valence-electron chi connectivity index (χ2n) is 19.3. The number of hydrogen-bond donors (Lipinski definition) is 0. The van der Waals surface area contributed by atoms with E-state index in [-0.39, 0.29) is 5.41 Å². The average molecular weight is 824 g/mol. The Morgan fingerprint density at radius 2 is 0.938 bits per heavy atom. The van der Waals surface area contributed by atoms with Crippen LogP contribution in [0.1, 0.15) is 66.3 Å². The Bertz CT molecular complexity index is 3420. The van der Waals surface area contributed by atoms with E-state index in [0.717, 1.165) is 56.4 Å². The molecule has 4 saturated carbocycles. The summed E-state index contributed by atoms with van der Waals surface area (Å²) < 4.78 is 6.64. The van der Waals surface area contributed by atoms with E-state index in [1.165, 1.54) is 88.2 Å². The minimum absolute atomic E-state index is 0.259. The number of fused-ring (bicyclic) bond motifs is 7. The molecule has 0 atom stereocenters. The van der Waals surface area contributed by atoms with Crippen LogP contribution in [0, 0.1) is 17.8 Å². The van der Waals surface area contributed by atoms with Gasteiger partial charge in [0.25, 0.3) is 0 Å². The molecule has 4 nitrogen and oxygen atoms in total. The molecule has 0 saturated heterocycles. The van der Waals surface area contributed by atoms with Crippen molar-refractivity contribution in [2.45, 2.75) is 49.4 Å². The molecule has 0 radical (unpaired) electrons. The van der Waals surface area contributed by atoms with E-state index >= 15 is 0 Å². The molecule has 4 bridgehead atoms. The van der Waals surface area contributed by atoms with Crippen LogP contribution in [0.3, 0.4) is 0 Å². The second-order valence-corrected chi connectivity index (χ2v) is 19.3. The van der Waals surface area contributed by atoms with E-state index in [4.69, 9.17) is 19.4 Å². The first-order valence-corrected chi connectivity index (χ1v) is 23.2. The van der Waals surface area contributed by atoms with E-state index in [9.17, 15) is 0 Å². The lowest BCUT2D eigenvalue weighted by Crippen LogP contribution is -2.48. The molecule has 4 fully saturated rings. The zero-order valence-electron chi connectivity index (χ0n) is 35.5. The van der Waals surface area contributed by atoms with Crippen LogP contribution in [0.25, 0.3) is 78.0 Å². The van der Waals surface area contributed by atoms with Gasteiger partial charge in [-0.1, -0.05) is 164 Å². The summed E-state index contributed by atoms with van der Waals surface area (Å²) in [6.45, 7) is 0. The summed E-state index contributed by atoms with van der Waals surface area (Å²) in [5.74, 6) is 4.50. The van der Waals surface area contributed by atoms with Crippen molar-refractivity contribution >= 4 is 32.7 Å². The molecule has 0 aliphatic heterocycles. The standard InChI is InChI=1S/C60H45N3O/c1-3-14-41(15-4-1)60(42-16-5-2-6-17-42)52-24-11-9-20-45(52)50-33-40(26-28-53(50)60)56-61-57(63-58(62-56)49-23-13-22-47-46-21-10-12-25-54(46)64-55(47)49)48-27-29-51(44-19-8-7-18-43(44)48)59-34-37-30-38(35-59)32-39(31-37)36-59/h1-29,33,37-39H,30-32,34-36H2. The zero-order chi connectivity index (χ0) is 42.0. The molecule has 0 N–H and O–H groups in total. The topological polar surface area (TPSA) is 51.8 Å². The van der Waals surface area contributed by atoms with Gasteiger partial charge in [0, 0.05) is 21.9 Å². The van der Waals surface area contributed by atoms with Crippen LogP contribution in [-0.2, 0) is 10.8 Å². The van der Waals surface area contributed by atoms with Gasteiger partial charge in [0.05, 0.1) is 11.0 Å². The summed E-state index contributed by atoms with van der Waals surface area (Å²) in [6.07, 6.45) is 8.25. The maximum Gasteiger partial charge on any atom is 0.167 e. The lowest BCUT2D eigenvalue weighted by atomic mass is 9.47. The smallest absolute Gasteiger partial charge is 0.167 e. The van der Waals surface area contributed by atoms with Gasteiger partial charge in [0.1, 0.15) is 11.2 Å². The van der Waals surface area contributed by atoms with Crippen molar-refractivity contribution in [2.75, 3.05) is 0 Å². The first-order valence-electron chi connectivity index (χ1n) is 23.2. The highest BCUT2D eigenvalue weighted by Crippen LogP contribution is 2.62. The maximum atomic E-state index is 6.64. The largest absolute Gasteiger partial charge is 0.455 e. The Kier molecular flexibility index (Phi) is 7.76. The third-order valence-corrected chi connectivity index (χ3v) is 15.8. The fraction of sp³-hybridized carbons (Fsp3) is 0.183. The normalized spacial score (nSPS) is 21.4. The van der Waals surface area contributed by atoms with Crippen molar-refractivity contribution in [1.29, 1.82) is 0 Å². The summed E-state index contributed by atoms with van der Waals surface area (Å²) in [6, 6.07) is 66.1. The predicted octanol–water partition coefficient (Wildman–Crippen LogP) is 14.8. The molecule has 306 valence electrons. The SMILES string of the molecule is c1ccc(C2(c3ccccc3)c3ccccc3-c3cc(-c4nc(-c5ccc(C67CC8CC(CC(C8)C6)C7)c6ccccc56)nc(-c5cccc6c5oc5ccccc56)n4)ccc32)cc1. The van der Waals surface area contributed by atoms with E-state index in [0.29, 0.717) is 17.5 Å². The minimum atomic E-state index is -0.489. The summed E-state index contributed by atoms with van der Waals surface area (Å²) in [5, 5.41) is 4.68. The minimum Gasteiger partial charge on any atom is -0.455 e. The molecular formula is C60H45N3O. The fourth-order valence-corrected chi connectivity index (χ4v) is 13.7. The summed E-state index contributed by atoms with van der Waals surface area (Å²) in [7, 11) is 0. The summed E-state index contributed by atoms with van der Waals surface area (Å²) >= 11 is 0. The van der Waals surface area contributed by atoms with Crippen LogP contribution < -0.4 is 0 Å². The molecule has 15 rings (SSSR count). The molecule has 64 heavy (non-hydrogen) atoms. The van der Waals surface area contributed by atoms with Crippen molar-refractivity contribution in [3.05, 3.63) is 210 Å². The molecule has 5 aliphatic carbocycles. The Labute approximate surface area is 372 Å². The Balaban J connectivity index is 0.995. The number of hydrogen-bond acceptors (Lipinski definition) is 4. The molecular weight excluding hydrogens is 779 g/mol. The molecule has 0 unspecified atom stereocenters. The number of aromatic nitrogens is 3. The summed E-state index contributed by atoms with van der Waals surface area (Å²) in [5.41, 5.74) is 13.2. The zero-order valence-corrected chi connectivity index (χ0v) is 35.5. The molecule has 2 aromatic heterocycles. The van der Waals surface area contributed by atoms with Crippen molar-refractivity contribution in [3.63, 3.8) is 0 Å². The number of furan rings is 1. The number of benzene rings is 8. The highest BCUT2D eigenvalue weighted by atomic mass is 16.3. The van der Waals surface area contributed by atoms with Crippen LogP contribution in [0.2, 0.25) is 0 Å². The Morgan fingerprint density at radius 1 is 0.391 bits per heavy atom. The van der Waals surface area contributed by atoms with Gasteiger partial charge in [-0.15, -0.1) is 0 Å².